The molecule has 0 aliphatic rings. The van der Waals surface area contributed by atoms with Crippen LogP contribution in [0.5, 0.6) is 5.75 Å². The summed E-state index contributed by atoms with van der Waals surface area (Å²) in [6, 6.07) is 2.70. The van der Waals surface area contributed by atoms with E-state index < -0.39 is 33.8 Å². The predicted octanol–water partition coefficient (Wildman–Crippen LogP) is 3.73. The molecule has 31 heavy (non-hydrogen) atoms. The molecule has 2 atom stereocenters. The number of ether oxygens (including phenoxy) is 2. The number of sulfonamides is 1. The second-order valence-electron chi connectivity index (χ2n) is 6.80. The summed E-state index contributed by atoms with van der Waals surface area (Å²) < 4.78 is 53.3. The molecule has 2 rings (SSSR count). The van der Waals surface area contributed by atoms with Gasteiger partial charge in [-0.3, -0.25) is 4.79 Å². The molecule has 2 aromatic rings. The number of rotatable bonds is 9. The zero-order valence-electron chi connectivity index (χ0n) is 17.4. The summed E-state index contributed by atoms with van der Waals surface area (Å²) >= 11 is 11.5. The van der Waals surface area contributed by atoms with E-state index in [1.54, 1.807) is 26.8 Å². The van der Waals surface area contributed by atoms with Gasteiger partial charge in [-0.1, -0.05) is 24.6 Å². The van der Waals surface area contributed by atoms with Gasteiger partial charge in [0.2, 0.25) is 10.0 Å². The average Bonchev–Trinajstić information content (AvgIpc) is 2.72. The summed E-state index contributed by atoms with van der Waals surface area (Å²) in [6.45, 7) is 5.06. The van der Waals surface area contributed by atoms with Gasteiger partial charge in [-0.15, -0.1) is 11.6 Å². The number of halogens is 3. The van der Waals surface area contributed by atoms with Crippen LogP contribution in [-0.2, 0) is 19.6 Å². The fraction of sp³-hybridized carbons (Fsp3) is 0.400. The van der Waals surface area contributed by atoms with Gasteiger partial charge in [0.25, 0.3) is 0 Å². The molecular formula is C20H23Cl2FN2O5S. The SMILES string of the molecule is COC(=O)[C@@H](NS(=O)(=O)c1cnc(Cl)cc1OCCCl)C(C)c1c(F)ccc(C)c1C. The largest absolute Gasteiger partial charge is 0.491 e. The molecule has 1 N–H and O–H groups in total. The molecule has 1 aromatic heterocycles. The number of hydrogen-bond acceptors (Lipinski definition) is 6. The van der Waals surface area contributed by atoms with Crippen LogP contribution < -0.4 is 9.46 Å². The molecule has 1 aromatic carbocycles. The highest BCUT2D eigenvalue weighted by molar-refractivity contribution is 7.89. The molecule has 170 valence electrons. The van der Waals surface area contributed by atoms with Crippen LogP contribution >= 0.6 is 23.2 Å². The van der Waals surface area contributed by atoms with Crippen LogP contribution in [0.1, 0.15) is 29.5 Å². The van der Waals surface area contributed by atoms with Crippen molar-refractivity contribution in [2.24, 2.45) is 0 Å². The van der Waals surface area contributed by atoms with Crippen molar-refractivity contribution < 1.29 is 27.1 Å². The summed E-state index contributed by atoms with van der Waals surface area (Å²) in [7, 11) is -3.22. The molecule has 1 unspecified atom stereocenters. The fourth-order valence-corrected chi connectivity index (χ4v) is 4.67. The molecule has 7 nitrogen and oxygen atoms in total. The lowest BCUT2D eigenvalue weighted by Crippen LogP contribution is -2.45. The van der Waals surface area contributed by atoms with Crippen molar-refractivity contribution in [1.82, 2.24) is 9.71 Å². The van der Waals surface area contributed by atoms with Gasteiger partial charge < -0.3 is 9.47 Å². The van der Waals surface area contributed by atoms with E-state index in [9.17, 15) is 17.6 Å². The molecule has 0 fully saturated rings. The van der Waals surface area contributed by atoms with E-state index in [4.69, 9.17) is 32.7 Å². The van der Waals surface area contributed by atoms with E-state index in [1.807, 2.05) is 0 Å². The lowest BCUT2D eigenvalue weighted by Gasteiger charge is -2.25. The maximum absolute atomic E-state index is 14.6. The number of nitrogens with zero attached hydrogens (tertiary/aromatic N) is 1. The highest BCUT2D eigenvalue weighted by Gasteiger charge is 2.35. The summed E-state index contributed by atoms with van der Waals surface area (Å²) in [5.74, 6) is -2.28. The average molecular weight is 493 g/mol. The quantitative estimate of drug-likeness (QED) is 0.325. The number of hydrogen-bond donors (Lipinski definition) is 1. The van der Waals surface area contributed by atoms with Crippen molar-refractivity contribution in [2.75, 3.05) is 19.6 Å². The fourth-order valence-electron chi connectivity index (χ4n) is 3.11. The zero-order valence-corrected chi connectivity index (χ0v) is 19.7. The van der Waals surface area contributed by atoms with E-state index in [0.29, 0.717) is 5.56 Å². The van der Waals surface area contributed by atoms with E-state index >= 15 is 0 Å². The third kappa shape index (κ3) is 5.85. The van der Waals surface area contributed by atoms with Gasteiger partial charge in [-0.2, -0.15) is 4.72 Å². The number of aryl methyl sites for hydroxylation is 1. The highest BCUT2D eigenvalue weighted by atomic mass is 35.5. The Morgan fingerprint density at radius 3 is 2.61 bits per heavy atom. The van der Waals surface area contributed by atoms with E-state index in [-0.39, 0.29) is 33.8 Å². The van der Waals surface area contributed by atoms with Gasteiger partial charge in [0.05, 0.1) is 19.2 Å². The normalized spacial score (nSPS) is 13.5. The molecule has 11 heteroatoms. The molecule has 1 heterocycles. The summed E-state index contributed by atoms with van der Waals surface area (Å²) in [5, 5.41) is 0.0128. The van der Waals surface area contributed by atoms with Crippen LogP contribution in [0.2, 0.25) is 5.15 Å². The number of pyridine rings is 1. The van der Waals surface area contributed by atoms with Gasteiger partial charge in [-0.25, -0.2) is 17.8 Å². The number of nitrogens with one attached hydrogen (secondary N) is 1. The molecule has 0 radical (unpaired) electrons. The van der Waals surface area contributed by atoms with Crippen LogP contribution in [0, 0.1) is 19.7 Å². The van der Waals surface area contributed by atoms with Crippen molar-refractivity contribution in [3.05, 3.63) is 52.1 Å². The maximum Gasteiger partial charge on any atom is 0.324 e. The summed E-state index contributed by atoms with van der Waals surface area (Å²) in [4.78, 5) is 15.9. The first-order chi connectivity index (χ1) is 14.5. The third-order valence-corrected chi connectivity index (χ3v) is 6.66. The number of esters is 1. The topological polar surface area (TPSA) is 94.6 Å². The monoisotopic (exact) mass is 492 g/mol. The number of carbonyl (C=O) groups is 1. The molecule has 0 bridgehead atoms. The number of alkyl halides is 1. The lowest BCUT2D eigenvalue weighted by molar-refractivity contribution is -0.143. The molecular weight excluding hydrogens is 470 g/mol. The van der Waals surface area contributed by atoms with Crippen molar-refractivity contribution in [3.63, 3.8) is 0 Å². The number of carbonyl (C=O) groups excluding carboxylic acids is 1. The first-order valence-corrected chi connectivity index (χ1v) is 11.6. The molecule has 0 amide bonds. The smallest absolute Gasteiger partial charge is 0.324 e. The van der Waals surface area contributed by atoms with Crippen LogP contribution in [0.25, 0.3) is 0 Å². The lowest BCUT2D eigenvalue weighted by atomic mass is 9.88. The minimum atomic E-state index is -4.34. The van der Waals surface area contributed by atoms with E-state index in [0.717, 1.165) is 18.9 Å². The Kier molecular flexibility index (Phi) is 8.65. The molecule has 0 saturated carbocycles. The predicted molar refractivity (Wildman–Crippen MR) is 116 cm³/mol. The number of aromatic nitrogens is 1. The van der Waals surface area contributed by atoms with Crippen molar-refractivity contribution in [2.45, 2.75) is 37.6 Å². The second kappa shape index (κ2) is 10.6. The van der Waals surface area contributed by atoms with Crippen LogP contribution in [0.3, 0.4) is 0 Å². The molecule has 0 aliphatic carbocycles. The summed E-state index contributed by atoms with van der Waals surface area (Å²) in [5.41, 5.74) is 1.62. The van der Waals surface area contributed by atoms with Crippen LogP contribution in [0.15, 0.2) is 29.3 Å². The van der Waals surface area contributed by atoms with Crippen molar-refractivity contribution in [1.29, 1.82) is 0 Å². The third-order valence-electron chi connectivity index (χ3n) is 4.85. The molecule has 0 spiro atoms. The Bertz CT molecular complexity index is 1070. The van der Waals surface area contributed by atoms with E-state index in [2.05, 4.69) is 9.71 Å². The van der Waals surface area contributed by atoms with Gasteiger partial charge >= 0.3 is 5.97 Å². The Hall–Kier alpha value is -1.94. The van der Waals surface area contributed by atoms with Gasteiger partial charge in [0, 0.05) is 12.0 Å². The standard InChI is InChI=1S/C20H23Cl2FN2O5S/c1-11-5-6-14(23)18(12(11)2)13(3)19(20(26)29-4)25-31(27,28)16-10-24-17(22)9-15(16)30-8-7-21/h5-6,9-10,13,19,25H,7-8H2,1-4H3/t13?,19-/m0/s1. The minimum absolute atomic E-state index is 0.0128. The van der Waals surface area contributed by atoms with Crippen LogP contribution in [-0.4, -0.2) is 45.0 Å². The number of benzene rings is 1. The van der Waals surface area contributed by atoms with Gasteiger partial charge in [0.1, 0.15) is 34.3 Å². The maximum atomic E-state index is 14.6. The Balaban J connectivity index is 2.51. The second-order valence-corrected chi connectivity index (χ2v) is 9.25. The minimum Gasteiger partial charge on any atom is -0.491 e. The Morgan fingerprint density at radius 1 is 1.32 bits per heavy atom. The summed E-state index contributed by atoms with van der Waals surface area (Å²) in [6.07, 6.45) is 1.01. The van der Waals surface area contributed by atoms with Crippen molar-refractivity contribution in [3.8, 4) is 5.75 Å². The highest BCUT2D eigenvalue weighted by Crippen LogP contribution is 2.31. The van der Waals surface area contributed by atoms with Crippen LogP contribution in [0.4, 0.5) is 4.39 Å². The molecule has 0 saturated heterocycles. The zero-order chi connectivity index (χ0) is 23.3. The molecule has 0 aliphatic heterocycles. The Labute approximate surface area is 190 Å². The number of methoxy groups -OCH3 is 1. The first-order valence-electron chi connectivity index (χ1n) is 9.23. The van der Waals surface area contributed by atoms with Gasteiger partial charge in [0.15, 0.2) is 0 Å². The van der Waals surface area contributed by atoms with Gasteiger partial charge in [-0.05, 0) is 36.6 Å². The van der Waals surface area contributed by atoms with Crippen molar-refractivity contribution >= 4 is 39.2 Å². The Morgan fingerprint density at radius 2 is 2.00 bits per heavy atom. The first kappa shape index (κ1) is 25.3. The van der Waals surface area contributed by atoms with E-state index in [1.165, 1.54) is 12.1 Å².